The van der Waals surface area contributed by atoms with E-state index in [2.05, 4.69) is 32.2 Å². The maximum Gasteiger partial charge on any atom is 0.244 e. The minimum atomic E-state index is -0.127. The SMILES string of the molecule is CCCCn1nc(C)c(/C=C/C(=O)NC2CCCN(c3ncccn3)C2)c1Cl. The molecule has 0 saturated carbocycles. The van der Waals surface area contributed by atoms with Gasteiger partial charge in [-0.1, -0.05) is 24.9 Å². The Kier molecular flexibility index (Phi) is 7.03. The molecule has 1 aliphatic rings. The minimum absolute atomic E-state index is 0.0681. The second-order valence-electron chi connectivity index (χ2n) is 7.04. The van der Waals surface area contributed by atoms with Gasteiger partial charge in [-0.05, 0) is 38.3 Å². The van der Waals surface area contributed by atoms with E-state index in [1.54, 1.807) is 29.2 Å². The molecule has 0 radical (unpaired) electrons. The number of rotatable bonds is 7. The van der Waals surface area contributed by atoms with Gasteiger partial charge in [0, 0.05) is 49.7 Å². The highest BCUT2D eigenvalue weighted by Gasteiger charge is 2.22. The number of unbranched alkanes of at least 4 members (excludes halogenated alkanes) is 1. The number of halogens is 1. The average molecular weight is 403 g/mol. The number of hydrogen-bond donors (Lipinski definition) is 1. The van der Waals surface area contributed by atoms with Crippen LogP contribution in [0.4, 0.5) is 5.95 Å². The highest BCUT2D eigenvalue weighted by Crippen LogP contribution is 2.22. The summed E-state index contributed by atoms with van der Waals surface area (Å²) in [4.78, 5) is 23.1. The predicted octanol–water partition coefficient (Wildman–Crippen LogP) is 3.23. The van der Waals surface area contributed by atoms with Crippen LogP contribution in [-0.2, 0) is 11.3 Å². The zero-order chi connectivity index (χ0) is 19.9. The normalized spacial score (nSPS) is 17.2. The molecule has 28 heavy (non-hydrogen) atoms. The van der Waals surface area contributed by atoms with E-state index in [4.69, 9.17) is 11.6 Å². The Bertz CT molecular complexity index is 820. The lowest BCUT2D eigenvalue weighted by Gasteiger charge is -2.32. The van der Waals surface area contributed by atoms with Crippen LogP contribution in [-0.4, -0.2) is 44.8 Å². The summed E-state index contributed by atoms with van der Waals surface area (Å²) < 4.78 is 1.80. The molecule has 3 rings (SSSR count). The highest BCUT2D eigenvalue weighted by molar-refractivity contribution is 6.31. The molecule has 1 fully saturated rings. The summed E-state index contributed by atoms with van der Waals surface area (Å²) in [6.45, 7) is 6.43. The zero-order valence-corrected chi connectivity index (χ0v) is 17.2. The van der Waals surface area contributed by atoms with Crippen LogP contribution < -0.4 is 10.2 Å². The van der Waals surface area contributed by atoms with Crippen molar-refractivity contribution in [2.24, 2.45) is 0 Å². The Morgan fingerprint density at radius 3 is 2.93 bits per heavy atom. The van der Waals surface area contributed by atoms with E-state index < -0.39 is 0 Å². The predicted molar refractivity (Wildman–Crippen MR) is 111 cm³/mol. The number of hydrogen-bond acceptors (Lipinski definition) is 5. The van der Waals surface area contributed by atoms with E-state index in [0.29, 0.717) is 17.6 Å². The van der Waals surface area contributed by atoms with E-state index in [1.165, 1.54) is 6.08 Å². The third kappa shape index (κ3) is 5.10. The molecule has 2 aromatic rings. The summed E-state index contributed by atoms with van der Waals surface area (Å²) in [5.41, 5.74) is 1.63. The second kappa shape index (κ2) is 9.68. The van der Waals surface area contributed by atoms with Crippen LogP contribution in [0.3, 0.4) is 0 Å². The molecule has 7 nitrogen and oxygen atoms in total. The molecule has 2 aromatic heterocycles. The van der Waals surface area contributed by atoms with Gasteiger partial charge in [0.1, 0.15) is 5.15 Å². The molecule has 3 heterocycles. The van der Waals surface area contributed by atoms with E-state index in [0.717, 1.165) is 50.0 Å². The maximum absolute atomic E-state index is 12.4. The summed E-state index contributed by atoms with van der Waals surface area (Å²) in [7, 11) is 0. The van der Waals surface area contributed by atoms with Crippen molar-refractivity contribution in [2.75, 3.05) is 18.0 Å². The summed E-state index contributed by atoms with van der Waals surface area (Å²) in [5.74, 6) is 0.580. The van der Waals surface area contributed by atoms with Crippen LogP contribution in [0.5, 0.6) is 0 Å². The molecule has 0 aromatic carbocycles. The van der Waals surface area contributed by atoms with E-state index in [1.807, 2.05) is 6.92 Å². The van der Waals surface area contributed by atoms with Gasteiger partial charge in [-0.25, -0.2) is 9.97 Å². The molecular formula is C20H27ClN6O. The van der Waals surface area contributed by atoms with Gasteiger partial charge >= 0.3 is 0 Å². The molecule has 1 atom stereocenters. The number of piperidine rings is 1. The molecule has 150 valence electrons. The molecule has 0 spiro atoms. The number of aromatic nitrogens is 4. The first-order chi connectivity index (χ1) is 13.6. The van der Waals surface area contributed by atoms with E-state index in [-0.39, 0.29) is 11.9 Å². The topological polar surface area (TPSA) is 75.9 Å². The number of nitrogens with zero attached hydrogens (tertiary/aromatic N) is 5. The molecule has 1 unspecified atom stereocenters. The second-order valence-corrected chi connectivity index (χ2v) is 7.40. The van der Waals surface area contributed by atoms with Crippen LogP contribution >= 0.6 is 11.6 Å². The van der Waals surface area contributed by atoms with Crippen molar-refractivity contribution in [1.82, 2.24) is 25.1 Å². The number of anilines is 1. The summed E-state index contributed by atoms with van der Waals surface area (Å²) in [6.07, 6.45) is 10.8. The smallest absolute Gasteiger partial charge is 0.244 e. The zero-order valence-electron chi connectivity index (χ0n) is 16.4. The van der Waals surface area contributed by atoms with Gasteiger partial charge in [0.15, 0.2) is 0 Å². The summed E-state index contributed by atoms with van der Waals surface area (Å²) in [6, 6.07) is 1.87. The third-order valence-electron chi connectivity index (χ3n) is 4.84. The van der Waals surface area contributed by atoms with Crippen LogP contribution in [0.1, 0.15) is 43.9 Å². The molecule has 1 N–H and O–H groups in total. The molecule has 1 saturated heterocycles. The van der Waals surface area contributed by atoms with E-state index >= 15 is 0 Å². The standard InChI is InChI=1S/C20H27ClN6O/c1-3-4-13-27-19(21)17(15(2)25-27)8-9-18(28)24-16-7-5-12-26(14-16)20-22-10-6-11-23-20/h6,8-11,16H,3-5,7,12-14H2,1-2H3,(H,24,28)/b9-8+. The fraction of sp³-hybridized carbons (Fsp3) is 0.500. The number of aryl methyl sites for hydroxylation is 2. The quantitative estimate of drug-likeness (QED) is 0.719. The fourth-order valence-electron chi connectivity index (χ4n) is 3.35. The maximum atomic E-state index is 12.4. The van der Waals surface area contributed by atoms with Gasteiger partial charge in [0.05, 0.1) is 5.69 Å². The van der Waals surface area contributed by atoms with Crippen molar-refractivity contribution in [2.45, 2.75) is 52.1 Å². The minimum Gasteiger partial charge on any atom is -0.348 e. The van der Waals surface area contributed by atoms with Gasteiger partial charge in [-0.2, -0.15) is 5.10 Å². The molecule has 0 bridgehead atoms. The van der Waals surface area contributed by atoms with Crippen LogP contribution in [0, 0.1) is 6.92 Å². The Labute approximate surface area is 170 Å². The molecular weight excluding hydrogens is 376 g/mol. The van der Waals surface area contributed by atoms with Gasteiger partial charge in [-0.3, -0.25) is 9.48 Å². The third-order valence-corrected chi connectivity index (χ3v) is 5.24. The lowest BCUT2D eigenvalue weighted by molar-refractivity contribution is -0.117. The number of nitrogens with one attached hydrogen (secondary N) is 1. The van der Waals surface area contributed by atoms with Gasteiger partial charge in [0.25, 0.3) is 0 Å². The van der Waals surface area contributed by atoms with Crippen molar-refractivity contribution >= 4 is 29.5 Å². The van der Waals surface area contributed by atoms with Crippen molar-refractivity contribution < 1.29 is 4.79 Å². The van der Waals surface area contributed by atoms with Crippen molar-refractivity contribution in [3.05, 3.63) is 40.9 Å². The molecule has 1 amide bonds. The van der Waals surface area contributed by atoms with Gasteiger partial charge in [0.2, 0.25) is 11.9 Å². The molecule has 1 aliphatic heterocycles. The van der Waals surface area contributed by atoms with Crippen LogP contribution in [0.25, 0.3) is 6.08 Å². The summed E-state index contributed by atoms with van der Waals surface area (Å²) in [5, 5.41) is 8.13. The lowest BCUT2D eigenvalue weighted by Crippen LogP contribution is -2.47. The van der Waals surface area contributed by atoms with Gasteiger partial charge < -0.3 is 10.2 Å². The summed E-state index contributed by atoms with van der Waals surface area (Å²) >= 11 is 6.42. The lowest BCUT2D eigenvalue weighted by atomic mass is 10.1. The number of carbonyl (C=O) groups excluding carboxylic acids is 1. The van der Waals surface area contributed by atoms with Crippen molar-refractivity contribution in [3.63, 3.8) is 0 Å². The Balaban J connectivity index is 1.59. The monoisotopic (exact) mass is 402 g/mol. The fourth-order valence-corrected chi connectivity index (χ4v) is 3.67. The Hall–Kier alpha value is -2.41. The Morgan fingerprint density at radius 2 is 2.18 bits per heavy atom. The first-order valence-corrected chi connectivity index (χ1v) is 10.2. The Morgan fingerprint density at radius 1 is 1.39 bits per heavy atom. The first kappa shape index (κ1) is 20.3. The largest absolute Gasteiger partial charge is 0.348 e. The van der Waals surface area contributed by atoms with Crippen LogP contribution in [0.2, 0.25) is 5.15 Å². The highest BCUT2D eigenvalue weighted by atomic mass is 35.5. The number of amides is 1. The van der Waals surface area contributed by atoms with E-state index in [9.17, 15) is 4.79 Å². The van der Waals surface area contributed by atoms with Crippen molar-refractivity contribution in [3.8, 4) is 0 Å². The average Bonchev–Trinajstić information content (AvgIpc) is 2.98. The van der Waals surface area contributed by atoms with Gasteiger partial charge in [-0.15, -0.1) is 0 Å². The first-order valence-electron chi connectivity index (χ1n) is 9.82. The van der Waals surface area contributed by atoms with Crippen LogP contribution in [0.15, 0.2) is 24.5 Å². The molecule has 8 heteroatoms. The van der Waals surface area contributed by atoms with Crippen molar-refractivity contribution in [1.29, 1.82) is 0 Å². The molecule has 0 aliphatic carbocycles. The number of carbonyl (C=O) groups is 1.